The molecule has 116 valence electrons. The molecule has 0 aliphatic rings. The molecule has 0 spiro atoms. The Kier molecular flexibility index (Phi) is 3.99. The van der Waals surface area contributed by atoms with Crippen LogP contribution >= 0.6 is 11.6 Å². The third-order valence-corrected chi connectivity index (χ3v) is 3.62. The van der Waals surface area contributed by atoms with Crippen molar-refractivity contribution < 1.29 is 9.53 Å². The van der Waals surface area contributed by atoms with E-state index in [0.29, 0.717) is 27.2 Å². The summed E-state index contributed by atoms with van der Waals surface area (Å²) in [6.45, 7) is 0. The summed E-state index contributed by atoms with van der Waals surface area (Å²) in [4.78, 5) is 24.2. The van der Waals surface area contributed by atoms with E-state index in [1.54, 1.807) is 42.5 Å². The number of nitrogens with one attached hydrogen (secondary N) is 2. The van der Waals surface area contributed by atoms with Gasteiger partial charge in [0.15, 0.2) is 5.69 Å². The van der Waals surface area contributed by atoms with Crippen molar-refractivity contribution in [3.8, 4) is 5.75 Å². The van der Waals surface area contributed by atoms with Gasteiger partial charge in [0.2, 0.25) is 0 Å². The maximum absolute atomic E-state index is 12.4. The van der Waals surface area contributed by atoms with Crippen LogP contribution in [0.3, 0.4) is 0 Å². The average molecular weight is 330 g/mol. The van der Waals surface area contributed by atoms with Crippen LogP contribution in [0.2, 0.25) is 5.02 Å². The second-order valence-corrected chi connectivity index (χ2v) is 5.16. The van der Waals surface area contributed by atoms with Crippen molar-refractivity contribution in [3.63, 3.8) is 0 Å². The highest BCUT2D eigenvalue weighted by molar-refractivity contribution is 6.32. The predicted octanol–water partition coefficient (Wildman–Crippen LogP) is 2.84. The van der Waals surface area contributed by atoms with E-state index in [4.69, 9.17) is 16.3 Å². The monoisotopic (exact) mass is 329 g/mol. The highest BCUT2D eigenvalue weighted by Gasteiger charge is 2.14. The largest absolute Gasteiger partial charge is 0.495 e. The molecule has 0 radical (unpaired) electrons. The number of halogens is 1. The molecule has 23 heavy (non-hydrogen) atoms. The Hall–Kier alpha value is -2.86. The first kappa shape index (κ1) is 15.1. The molecule has 6 nitrogen and oxygen atoms in total. The molecular weight excluding hydrogens is 318 g/mol. The predicted molar refractivity (Wildman–Crippen MR) is 88.3 cm³/mol. The maximum atomic E-state index is 12.4. The Morgan fingerprint density at radius 2 is 1.96 bits per heavy atom. The topological polar surface area (TPSA) is 84.1 Å². The second kappa shape index (κ2) is 6.10. The van der Waals surface area contributed by atoms with Crippen LogP contribution in [0.5, 0.6) is 5.75 Å². The fourth-order valence-corrected chi connectivity index (χ4v) is 2.48. The van der Waals surface area contributed by atoms with Crippen LogP contribution in [-0.2, 0) is 0 Å². The van der Waals surface area contributed by atoms with Gasteiger partial charge in [0.25, 0.3) is 11.5 Å². The number of aromatic nitrogens is 2. The SMILES string of the molecule is COc1ccc(NC(=O)c2n[nH]c(=O)c3ccccc23)cc1Cl. The van der Waals surface area contributed by atoms with E-state index in [-0.39, 0.29) is 11.3 Å². The van der Waals surface area contributed by atoms with Gasteiger partial charge in [0.05, 0.1) is 17.5 Å². The van der Waals surface area contributed by atoms with Crippen LogP contribution in [0.15, 0.2) is 47.3 Å². The van der Waals surface area contributed by atoms with Crippen molar-refractivity contribution in [2.24, 2.45) is 0 Å². The van der Waals surface area contributed by atoms with E-state index in [1.165, 1.54) is 7.11 Å². The molecule has 2 N–H and O–H groups in total. The van der Waals surface area contributed by atoms with Gasteiger partial charge in [-0.25, -0.2) is 5.10 Å². The number of carbonyl (C=O) groups is 1. The molecule has 0 atom stereocenters. The number of nitrogens with zero attached hydrogens (tertiary/aromatic N) is 1. The standard InChI is InChI=1S/C16H12ClN3O3/c1-23-13-7-6-9(8-12(13)17)18-16(22)14-10-4-2-3-5-11(10)15(21)20-19-14/h2-8H,1H3,(H,18,22)(H,20,21). The average Bonchev–Trinajstić information content (AvgIpc) is 2.55. The lowest BCUT2D eigenvalue weighted by atomic mass is 10.1. The lowest BCUT2D eigenvalue weighted by Crippen LogP contribution is -2.19. The summed E-state index contributed by atoms with van der Waals surface area (Å²) in [5, 5.41) is 10.1. The van der Waals surface area contributed by atoms with E-state index in [0.717, 1.165) is 0 Å². The van der Waals surface area contributed by atoms with Gasteiger partial charge in [0, 0.05) is 11.1 Å². The van der Waals surface area contributed by atoms with Crippen LogP contribution < -0.4 is 15.6 Å². The molecule has 0 saturated carbocycles. The quantitative estimate of drug-likeness (QED) is 0.774. The van der Waals surface area contributed by atoms with E-state index in [1.807, 2.05) is 0 Å². The van der Waals surface area contributed by atoms with Gasteiger partial charge < -0.3 is 10.1 Å². The number of H-pyrrole nitrogens is 1. The molecule has 1 heterocycles. The van der Waals surface area contributed by atoms with Crippen molar-refractivity contribution in [3.05, 3.63) is 63.5 Å². The van der Waals surface area contributed by atoms with Crippen LogP contribution in [0, 0.1) is 0 Å². The maximum Gasteiger partial charge on any atom is 0.276 e. The third kappa shape index (κ3) is 2.89. The first-order valence-corrected chi connectivity index (χ1v) is 7.10. The molecule has 7 heteroatoms. The van der Waals surface area contributed by atoms with E-state index >= 15 is 0 Å². The van der Waals surface area contributed by atoms with E-state index in [2.05, 4.69) is 15.5 Å². The lowest BCUT2D eigenvalue weighted by Gasteiger charge is -2.08. The zero-order valence-electron chi connectivity index (χ0n) is 12.1. The highest BCUT2D eigenvalue weighted by Crippen LogP contribution is 2.27. The molecule has 1 amide bonds. The molecule has 0 aliphatic heterocycles. The van der Waals surface area contributed by atoms with Crippen molar-refractivity contribution in [2.45, 2.75) is 0 Å². The van der Waals surface area contributed by atoms with Crippen LogP contribution in [-0.4, -0.2) is 23.2 Å². The summed E-state index contributed by atoms with van der Waals surface area (Å²) in [7, 11) is 1.51. The Morgan fingerprint density at radius 3 is 2.65 bits per heavy atom. The fraction of sp³-hybridized carbons (Fsp3) is 0.0625. The van der Waals surface area contributed by atoms with Crippen molar-refractivity contribution in [2.75, 3.05) is 12.4 Å². The molecule has 3 rings (SSSR count). The molecule has 0 fully saturated rings. The van der Waals surface area contributed by atoms with Gasteiger partial charge in [0.1, 0.15) is 5.75 Å². The molecule has 0 unspecified atom stereocenters. The molecule has 0 bridgehead atoms. The number of rotatable bonds is 3. The summed E-state index contributed by atoms with van der Waals surface area (Å²) in [5.74, 6) is 0.0657. The molecule has 0 aliphatic carbocycles. The molecule has 3 aromatic rings. The number of hydrogen-bond donors (Lipinski definition) is 2. The van der Waals surface area contributed by atoms with E-state index in [9.17, 15) is 9.59 Å². The minimum Gasteiger partial charge on any atom is -0.495 e. The smallest absolute Gasteiger partial charge is 0.276 e. The zero-order valence-corrected chi connectivity index (χ0v) is 12.8. The summed E-state index contributed by atoms with van der Waals surface area (Å²) in [5.41, 5.74) is 0.287. The molecule has 0 saturated heterocycles. The van der Waals surface area contributed by atoms with Gasteiger partial charge in [-0.1, -0.05) is 29.8 Å². The summed E-state index contributed by atoms with van der Waals surface area (Å²) >= 11 is 6.04. The van der Waals surface area contributed by atoms with Crippen LogP contribution in [0.25, 0.3) is 10.8 Å². The van der Waals surface area contributed by atoms with Gasteiger partial charge in [-0.2, -0.15) is 5.10 Å². The highest BCUT2D eigenvalue weighted by atomic mass is 35.5. The minimum atomic E-state index is -0.446. The number of amides is 1. The van der Waals surface area contributed by atoms with Crippen molar-refractivity contribution in [1.29, 1.82) is 0 Å². The second-order valence-electron chi connectivity index (χ2n) is 4.75. The van der Waals surface area contributed by atoms with Crippen LogP contribution in [0.4, 0.5) is 5.69 Å². The molecule has 2 aromatic carbocycles. The fourth-order valence-electron chi connectivity index (χ4n) is 2.22. The lowest BCUT2D eigenvalue weighted by molar-refractivity contribution is 0.102. The number of carbonyl (C=O) groups excluding carboxylic acids is 1. The van der Waals surface area contributed by atoms with Gasteiger partial charge in [-0.3, -0.25) is 9.59 Å². The number of hydrogen-bond acceptors (Lipinski definition) is 4. The normalized spacial score (nSPS) is 10.5. The van der Waals surface area contributed by atoms with Crippen molar-refractivity contribution in [1.82, 2.24) is 10.2 Å². The number of fused-ring (bicyclic) bond motifs is 1. The summed E-state index contributed by atoms with van der Waals surface area (Å²) in [6, 6.07) is 11.7. The number of benzene rings is 2. The van der Waals surface area contributed by atoms with Gasteiger partial charge in [-0.05, 0) is 24.3 Å². The number of anilines is 1. The molecular formula is C16H12ClN3O3. The first-order valence-electron chi connectivity index (χ1n) is 6.72. The molecule has 1 aromatic heterocycles. The number of aromatic amines is 1. The minimum absolute atomic E-state index is 0.132. The van der Waals surface area contributed by atoms with Crippen LogP contribution in [0.1, 0.15) is 10.5 Å². The third-order valence-electron chi connectivity index (χ3n) is 3.32. The van der Waals surface area contributed by atoms with E-state index < -0.39 is 5.91 Å². The Bertz CT molecular complexity index is 953. The summed E-state index contributed by atoms with van der Waals surface area (Å²) < 4.78 is 5.06. The Labute approximate surface area is 136 Å². The number of methoxy groups -OCH3 is 1. The Balaban J connectivity index is 1.97. The van der Waals surface area contributed by atoms with Gasteiger partial charge in [-0.15, -0.1) is 0 Å². The van der Waals surface area contributed by atoms with Gasteiger partial charge >= 0.3 is 0 Å². The summed E-state index contributed by atoms with van der Waals surface area (Å²) in [6.07, 6.45) is 0. The Morgan fingerprint density at radius 1 is 1.22 bits per heavy atom. The van der Waals surface area contributed by atoms with Crippen molar-refractivity contribution >= 4 is 34.0 Å². The number of ether oxygens (including phenoxy) is 1. The first-order chi connectivity index (χ1) is 11.1. The zero-order chi connectivity index (χ0) is 16.4.